The lowest BCUT2D eigenvalue weighted by Crippen LogP contribution is -2.30. The Kier molecular flexibility index (Phi) is 47.3. The lowest BCUT2D eigenvalue weighted by Gasteiger charge is -2.18. The Labute approximate surface area is 372 Å². The Morgan fingerprint density at radius 3 is 1.02 bits per heavy atom. The predicted molar refractivity (Wildman–Crippen MR) is 256 cm³/mol. The van der Waals surface area contributed by atoms with E-state index in [1.54, 1.807) is 0 Å². The highest BCUT2D eigenvalue weighted by molar-refractivity contribution is 5.71. The minimum atomic E-state index is -0.778. The molecule has 0 fully saturated rings. The van der Waals surface area contributed by atoms with Gasteiger partial charge in [-0.3, -0.25) is 14.4 Å². The molecule has 0 aliphatic rings. The molecule has 6 nitrogen and oxygen atoms in total. The first-order valence-electron chi connectivity index (χ1n) is 26.0. The minimum absolute atomic E-state index is 0.0771. The lowest BCUT2D eigenvalue weighted by molar-refractivity contribution is -0.167. The van der Waals surface area contributed by atoms with Gasteiger partial charge in [0.1, 0.15) is 13.2 Å². The van der Waals surface area contributed by atoms with Crippen molar-refractivity contribution in [3.63, 3.8) is 0 Å². The first kappa shape index (κ1) is 57.6. The zero-order valence-electron chi connectivity index (χ0n) is 40.0. The molecule has 0 N–H and O–H groups in total. The van der Waals surface area contributed by atoms with Crippen LogP contribution in [-0.4, -0.2) is 37.2 Å². The van der Waals surface area contributed by atoms with Crippen LogP contribution in [-0.2, 0) is 28.6 Å². The fourth-order valence-electron chi connectivity index (χ4n) is 7.52. The number of rotatable bonds is 47. The van der Waals surface area contributed by atoms with Crippen molar-refractivity contribution in [2.24, 2.45) is 0 Å². The Morgan fingerprint density at radius 2 is 0.650 bits per heavy atom. The summed E-state index contributed by atoms with van der Waals surface area (Å²) in [6, 6.07) is 0. The minimum Gasteiger partial charge on any atom is -0.462 e. The van der Waals surface area contributed by atoms with Gasteiger partial charge in [-0.2, -0.15) is 0 Å². The van der Waals surface area contributed by atoms with E-state index in [4.69, 9.17) is 14.2 Å². The van der Waals surface area contributed by atoms with Gasteiger partial charge in [0.25, 0.3) is 0 Å². The number of hydrogen-bond acceptors (Lipinski definition) is 6. The van der Waals surface area contributed by atoms with Crippen LogP contribution in [0, 0.1) is 0 Å². The van der Waals surface area contributed by atoms with E-state index in [-0.39, 0.29) is 31.1 Å². The Bertz CT molecular complexity index is 1020. The van der Waals surface area contributed by atoms with Gasteiger partial charge in [-0.1, -0.05) is 237 Å². The summed E-state index contributed by atoms with van der Waals surface area (Å²) in [6.07, 6.45) is 57.0. The molecule has 60 heavy (non-hydrogen) atoms. The van der Waals surface area contributed by atoms with Gasteiger partial charge < -0.3 is 14.2 Å². The maximum absolute atomic E-state index is 12.8. The van der Waals surface area contributed by atoms with Crippen LogP contribution < -0.4 is 0 Å². The maximum atomic E-state index is 12.8. The smallest absolute Gasteiger partial charge is 0.306 e. The van der Waals surface area contributed by atoms with Crippen LogP contribution in [0.5, 0.6) is 0 Å². The highest BCUT2D eigenvalue weighted by Crippen LogP contribution is 2.16. The molecule has 0 spiro atoms. The fourth-order valence-corrected chi connectivity index (χ4v) is 7.52. The van der Waals surface area contributed by atoms with E-state index in [2.05, 4.69) is 57.2 Å². The largest absolute Gasteiger partial charge is 0.462 e. The SMILES string of the molecule is CC/C=C\C/C=C\C/C=C\CCCCCCC(=O)OC(COC(=O)CCCCCCCCCCCCCCC)COC(=O)CCCCCCCCCCCCCCCCC. The van der Waals surface area contributed by atoms with Gasteiger partial charge >= 0.3 is 17.9 Å². The molecule has 0 aliphatic heterocycles. The number of esters is 3. The van der Waals surface area contributed by atoms with Crippen LogP contribution in [0.25, 0.3) is 0 Å². The van der Waals surface area contributed by atoms with Crippen molar-refractivity contribution in [2.45, 2.75) is 277 Å². The first-order chi connectivity index (χ1) is 29.5. The molecular formula is C54H98O6. The van der Waals surface area contributed by atoms with Gasteiger partial charge in [-0.05, 0) is 51.4 Å². The molecule has 0 radical (unpaired) electrons. The molecule has 0 saturated carbocycles. The molecule has 0 aliphatic carbocycles. The molecule has 0 rings (SSSR count). The topological polar surface area (TPSA) is 78.9 Å². The van der Waals surface area contributed by atoms with Crippen LogP contribution in [0.15, 0.2) is 36.5 Å². The molecule has 0 saturated heterocycles. The van der Waals surface area contributed by atoms with Crippen molar-refractivity contribution in [2.75, 3.05) is 13.2 Å². The van der Waals surface area contributed by atoms with Crippen molar-refractivity contribution in [1.82, 2.24) is 0 Å². The molecule has 0 bridgehead atoms. The van der Waals surface area contributed by atoms with Gasteiger partial charge in [0, 0.05) is 19.3 Å². The summed E-state index contributed by atoms with van der Waals surface area (Å²) in [4.78, 5) is 37.9. The van der Waals surface area contributed by atoms with E-state index in [1.165, 1.54) is 141 Å². The summed E-state index contributed by atoms with van der Waals surface area (Å²) >= 11 is 0. The number of allylic oxidation sites excluding steroid dienone is 6. The van der Waals surface area contributed by atoms with Crippen molar-refractivity contribution >= 4 is 17.9 Å². The molecule has 0 aromatic heterocycles. The Balaban J connectivity index is 4.37. The molecule has 1 unspecified atom stereocenters. The van der Waals surface area contributed by atoms with Crippen molar-refractivity contribution in [1.29, 1.82) is 0 Å². The van der Waals surface area contributed by atoms with Crippen molar-refractivity contribution in [3.05, 3.63) is 36.5 Å². The van der Waals surface area contributed by atoms with E-state index in [1.807, 2.05) is 0 Å². The van der Waals surface area contributed by atoms with E-state index >= 15 is 0 Å². The van der Waals surface area contributed by atoms with Crippen LogP contribution >= 0.6 is 0 Å². The van der Waals surface area contributed by atoms with Gasteiger partial charge in [0.2, 0.25) is 0 Å². The van der Waals surface area contributed by atoms with Gasteiger partial charge in [0.05, 0.1) is 0 Å². The van der Waals surface area contributed by atoms with Crippen LogP contribution in [0.3, 0.4) is 0 Å². The highest BCUT2D eigenvalue weighted by atomic mass is 16.6. The zero-order valence-corrected chi connectivity index (χ0v) is 40.0. The third-order valence-electron chi connectivity index (χ3n) is 11.4. The fraction of sp³-hybridized carbons (Fsp3) is 0.833. The average molecular weight is 843 g/mol. The van der Waals surface area contributed by atoms with E-state index in [0.29, 0.717) is 19.3 Å². The molecule has 6 heteroatoms. The highest BCUT2D eigenvalue weighted by Gasteiger charge is 2.19. The first-order valence-corrected chi connectivity index (χ1v) is 26.0. The van der Waals surface area contributed by atoms with Crippen molar-refractivity contribution < 1.29 is 28.6 Å². The standard InChI is InChI=1S/C54H98O6/c1-4-7-10-13-16-19-22-25-27-30-32-35-38-41-44-47-53(56)59-50-51(49-58-52(55)46-43-40-37-34-31-28-24-21-18-15-12-9-6-3)60-54(57)48-45-42-39-36-33-29-26-23-20-17-14-11-8-5-2/h8,11,17,20,26,29,51H,4-7,9-10,12-16,18-19,21-25,27-28,30-50H2,1-3H3/b11-8-,20-17-,29-26-. The normalized spacial score (nSPS) is 12.2. The van der Waals surface area contributed by atoms with E-state index < -0.39 is 6.10 Å². The summed E-state index contributed by atoms with van der Waals surface area (Å²) in [6.45, 7) is 6.53. The van der Waals surface area contributed by atoms with Crippen molar-refractivity contribution in [3.8, 4) is 0 Å². The van der Waals surface area contributed by atoms with E-state index in [9.17, 15) is 14.4 Å². The molecule has 0 aromatic rings. The molecule has 0 aromatic carbocycles. The second-order valence-corrected chi connectivity index (χ2v) is 17.4. The summed E-state index contributed by atoms with van der Waals surface area (Å²) in [5.41, 5.74) is 0. The number of carbonyl (C=O) groups is 3. The molecule has 0 amide bonds. The maximum Gasteiger partial charge on any atom is 0.306 e. The Hall–Kier alpha value is -2.37. The second-order valence-electron chi connectivity index (χ2n) is 17.4. The summed E-state index contributed by atoms with van der Waals surface area (Å²) < 4.78 is 16.8. The van der Waals surface area contributed by atoms with Gasteiger partial charge in [-0.25, -0.2) is 0 Å². The van der Waals surface area contributed by atoms with Gasteiger partial charge in [0.15, 0.2) is 6.10 Å². The quantitative estimate of drug-likeness (QED) is 0.0263. The number of unbranched alkanes of at least 4 members (excludes halogenated alkanes) is 30. The number of carbonyl (C=O) groups excluding carboxylic acids is 3. The molecule has 0 heterocycles. The van der Waals surface area contributed by atoms with Gasteiger partial charge in [-0.15, -0.1) is 0 Å². The number of ether oxygens (including phenoxy) is 3. The third-order valence-corrected chi connectivity index (χ3v) is 11.4. The molecular weight excluding hydrogens is 745 g/mol. The van der Waals surface area contributed by atoms with Crippen LogP contribution in [0.1, 0.15) is 271 Å². The summed E-state index contributed by atoms with van der Waals surface area (Å²) in [5.74, 6) is -0.887. The second kappa shape index (κ2) is 49.3. The molecule has 1 atom stereocenters. The average Bonchev–Trinajstić information content (AvgIpc) is 3.24. The zero-order chi connectivity index (χ0) is 43.7. The number of hydrogen-bond donors (Lipinski definition) is 0. The van der Waals surface area contributed by atoms with Crippen LogP contribution in [0.4, 0.5) is 0 Å². The monoisotopic (exact) mass is 843 g/mol. The Morgan fingerprint density at radius 1 is 0.350 bits per heavy atom. The predicted octanol–water partition coefficient (Wildman–Crippen LogP) is 16.9. The van der Waals surface area contributed by atoms with E-state index in [0.717, 1.165) is 89.9 Å². The lowest BCUT2D eigenvalue weighted by atomic mass is 10.0. The summed E-state index contributed by atoms with van der Waals surface area (Å²) in [5, 5.41) is 0. The molecule has 350 valence electrons. The third kappa shape index (κ3) is 46.7. The summed E-state index contributed by atoms with van der Waals surface area (Å²) in [7, 11) is 0. The van der Waals surface area contributed by atoms with Crippen LogP contribution in [0.2, 0.25) is 0 Å².